The van der Waals surface area contributed by atoms with Gasteiger partial charge in [-0.15, -0.1) is 10.2 Å². The van der Waals surface area contributed by atoms with Gasteiger partial charge < -0.3 is 0 Å². The van der Waals surface area contributed by atoms with Crippen molar-refractivity contribution in [3.8, 4) is 0 Å². The third-order valence-electron chi connectivity index (χ3n) is 2.66. The molecule has 0 aromatic heterocycles. The Labute approximate surface area is 125 Å². The molecule has 0 aliphatic heterocycles. The van der Waals surface area contributed by atoms with Crippen LogP contribution in [0.25, 0.3) is 0 Å². The summed E-state index contributed by atoms with van der Waals surface area (Å²) in [6.45, 7) is 0.465. The van der Waals surface area contributed by atoms with Crippen molar-refractivity contribution >= 4 is 5.96 Å². The molecule has 5 nitrogen and oxygen atoms in total. The lowest BCUT2D eigenvalue weighted by Crippen LogP contribution is -1.87. The SMILES string of the molecule is N=C(N=NCc1ccc(F)cc1)N=NCc1ccc(F)cc1. The molecule has 0 spiro atoms. The minimum absolute atomic E-state index is 0.232. The summed E-state index contributed by atoms with van der Waals surface area (Å²) in [7, 11) is 0. The van der Waals surface area contributed by atoms with E-state index in [4.69, 9.17) is 5.41 Å². The van der Waals surface area contributed by atoms with E-state index in [-0.39, 0.29) is 30.7 Å². The van der Waals surface area contributed by atoms with E-state index in [9.17, 15) is 8.78 Å². The molecule has 0 unspecified atom stereocenters. The number of hydrogen-bond acceptors (Lipinski definition) is 3. The van der Waals surface area contributed by atoms with Crippen LogP contribution in [0, 0.1) is 17.0 Å². The van der Waals surface area contributed by atoms with Gasteiger partial charge in [-0.25, -0.2) is 8.78 Å². The highest BCUT2D eigenvalue weighted by atomic mass is 19.1. The number of rotatable bonds is 4. The van der Waals surface area contributed by atoms with E-state index < -0.39 is 0 Å². The molecule has 22 heavy (non-hydrogen) atoms. The second-order valence-corrected chi connectivity index (χ2v) is 4.38. The lowest BCUT2D eigenvalue weighted by atomic mass is 10.2. The van der Waals surface area contributed by atoms with Crippen molar-refractivity contribution in [2.24, 2.45) is 20.5 Å². The highest BCUT2D eigenvalue weighted by Gasteiger charge is 1.95. The molecular weight excluding hydrogens is 288 g/mol. The fourth-order valence-corrected chi connectivity index (χ4v) is 1.57. The maximum Gasteiger partial charge on any atom is 0.279 e. The minimum Gasteiger partial charge on any atom is -0.263 e. The van der Waals surface area contributed by atoms with Gasteiger partial charge in [-0.05, 0) is 35.4 Å². The molecule has 0 amide bonds. The van der Waals surface area contributed by atoms with Crippen LogP contribution in [0.1, 0.15) is 11.1 Å². The van der Waals surface area contributed by atoms with Gasteiger partial charge in [-0.2, -0.15) is 10.2 Å². The first-order valence-electron chi connectivity index (χ1n) is 6.46. The normalized spacial score (nSPS) is 11.4. The number of nitrogens with zero attached hydrogens (tertiary/aromatic N) is 4. The first-order valence-corrected chi connectivity index (χ1v) is 6.46. The Morgan fingerprint density at radius 3 is 1.45 bits per heavy atom. The molecule has 0 radical (unpaired) electrons. The third-order valence-corrected chi connectivity index (χ3v) is 2.66. The van der Waals surface area contributed by atoms with E-state index >= 15 is 0 Å². The first kappa shape index (κ1) is 15.6. The van der Waals surface area contributed by atoms with Crippen molar-refractivity contribution in [1.82, 2.24) is 0 Å². The fraction of sp³-hybridized carbons (Fsp3) is 0.133. The average Bonchev–Trinajstić information content (AvgIpc) is 2.51. The topological polar surface area (TPSA) is 73.3 Å². The molecule has 0 bridgehead atoms. The van der Waals surface area contributed by atoms with Gasteiger partial charge >= 0.3 is 0 Å². The number of azo groups is 2. The van der Waals surface area contributed by atoms with E-state index in [2.05, 4.69) is 20.5 Å². The summed E-state index contributed by atoms with van der Waals surface area (Å²) in [5, 5.41) is 22.2. The maximum atomic E-state index is 12.7. The fourth-order valence-electron chi connectivity index (χ4n) is 1.57. The van der Waals surface area contributed by atoms with Crippen LogP contribution in [-0.2, 0) is 13.1 Å². The molecule has 0 saturated carbocycles. The summed E-state index contributed by atoms with van der Waals surface area (Å²) < 4.78 is 25.4. The lowest BCUT2D eigenvalue weighted by Gasteiger charge is -1.95. The zero-order valence-electron chi connectivity index (χ0n) is 11.6. The van der Waals surface area contributed by atoms with Gasteiger partial charge in [-0.3, -0.25) is 5.41 Å². The molecule has 2 rings (SSSR count). The molecule has 0 fully saturated rings. The van der Waals surface area contributed by atoms with Crippen LogP contribution in [-0.4, -0.2) is 5.96 Å². The first-order chi connectivity index (χ1) is 10.6. The van der Waals surface area contributed by atoms with Crippen LogP contribution in [0.3, 0.4) is 0 Å². The second kappa shape index (κ2) is 7.82. The summed E-state index contributed by atoms with van der Waals surface area (Å²) in [6, 6.07) is 11.7. The minimum atomic E-state index is -0.329. The standard InChI is InChI=1S/C15H13F2N5/c16-13-5-1-11(2-6-13)9-19-21-15(18)22-20-10-12-3-7-14(17)8-4-12/h1-8,18H,9-10H2. The Hall–Kier alpha value is -2.83. The lowest BCUT2D eigenvalue weighted by molar-refractivity contribution is 0.626. The number of benzene rings is 2. The summed E-state index contributed by atoms with van der Waals surface area (Å²) in [5.74, 6) is -0.963. The average molecular weight is 301 g/mol. The molecule has 2 aromatic carbocycles. The van der Waals surface area contributed by atoms with Crippen molar-refractivity contribution in [3.05, 3.63) is 71.3 Å². The molecule has 1 N–H and O–H groups in total. The Kier molecular flexibility index (Phi) is 5.53. The maximum absolute atomic E-state index is 12.7. The molecule has 0 atom stereocenters. The quantitative estimate of drug-likeness (QED) is 0.490. The van der Waals surface area contributed by atoms with Gasteiger partial charge in [0.1, 0.15) is 11.6 Å². The van der Waals surface area contributed by atoms with E-state index in [0.29, 0.717) is 0 Å². The van der Waals surface area contributed by atoms with Gasteiger partial charge in [0, 0.05) is 0 Å². The van der Waals surface area contributed by atoms with Crippen LogP contribution < -0.4 is 0 Å². The summed E-state index contributed by atoms with van der Waals surface area (Å²) >= 11 is 0. The summed E-state index contributed by atoms with van der Waals surface area (Å²) in [5.41, 5.74) is 1.56. The van der Waals surface area contributed by atoms with Crippen molar-refractivity contribution in [2.75, 3.05) is 0 Å². The van der Waals surface area contributed by atoms with E-state index in [1.807, 2.05) is 0 Å². The second-order valence-electron chi connectivity index (χ2n) is 4.38. The predicted octanol–water partition coefficient (Wildman–Crippen LogP) is 4.50. The van der Waals surface area contributed by atoms with Crippen LogP contribution in [0.5, 0.6) is 0 Å². The highest BCUT2D eigenvalue weighted by molar-refractivity contribution is 5.76. The molecule has 0 aliphatic rings. The number of nitrogens with one attached hydrogen (secondary N) is 1. The highest BCUT2D eigenvalue weighted by Crippen LogP contribution is 2.05. The van der Waals surface area contributed by atoms with Crippen molar-refractivity contribution in [3.63, 3.8) is 0 Å². The molecule has 0 aliphatic carbocycles. The number of halogens is 2. The van der Waals surface area contributed by atoms with Gasteiger partial charge in [0.05, 0.1) is 13.1 Å². The predicted molar refractivity (Wildman–Crippen MR) is 77.6 cm³/mol. The molecule has 112 valence electrons. The largest absolute Gasteiger partial charge is 0.279 e. The molecule has 2 aromatic rings. The smallest absolute Gasteiger partial charge is 0.263 e. The van der Waals surface area contributed by atoms with Crippen molar-refractivity contribution in [2.45, 2.75) is 13.1 Å². The molecule has 0 heterocycles. The third kappa shape index (κ3) is 5.28. The number of hydrogen-bond donors (Lipinski definition) is 1. The van der Waals surface area contributed by atoms with Crippen molar-refractivity contribution < 1.29 is 8.78 Å². The van der Waals surface area contributed by atoms with Crippen molar-refractivity contribution in [1.29, 1.82) is 5.41 Å². The van der Waals surface area contributed by atoms with Gasteiger partial charge in [0.25, 0.3) is 5.96 Å². The molecule has 7 heteroatoms. The Balaban J connectivity index is 1.79. The van der Waals surface area contributed by atoms with Gasteiger partial charge in [-0.1, -0.05) is 24.3 Å². The van der Waals surface area contributed by atoms with E-state index in [0.717, 1.165) is 11.1 Å². The monoisotopic (exact) mass is 301 g/mol. The van der Waals surface area contributed by atoms with Crippen LogP contribution in [0.2, 0.25) is 0 Å². The molecular formula is C15H13F2N5. The van der Waals surface area contributed by atoms with Crippen LogP contribution >= 0.6 is 0 Å². The zero-order valence-corrected chi connectivity index (χ0v) is 11.6. The zero-order chi connectivity index (χ0) is 15.8. The van der Waals surface area contributed by atoms with Crippen LogP contribution in [0.15, 0.2) is 69.0 Å². The Morgan fingerprint density at radius 2 is 1.09 bits per heavy atom. The number of guanidine groups is 1. The van der Waals surface area contributed by atoms with E-state index in [1.165, 1.54) is 24.3 Å². The summed E-state index contributed by atoms with van der Waals surface area (Å²) in [4.78, 5) is 0. The van der Waals surface area contributed by atoms with Gasteiger partial charge in [0.15, 0.2) is 0 Å². The Bertz CT molecular complexity index is 619. The summed E-state index contributed by atoms with van der Waals surface area (Å²) in [6.07, 6.45) is 0. The van der Waals surface area contributed by atoms with Gasteiger partial charge in [0.2, 0.25) is 0 Å². The Morgan fingerprint density at radius 1 is 0.727 bits per heavy atom. The molecule has 0 saturated heterocycles. The van der Waals surface area contributed by atoms with E-state index in [1.54, 1.807) is 24.3 Å². The van der Waals surface area contributed by atoms with Crippen LogP contribution in [0.4, 0.5) is 8.78 Å².